The second kappa shape index (κ2) is 7.98. The van der Waals surface area contributed by atoms with E-state index in [1.165, 1.54) is 5.56 Å². The predicted molar refractivity (Wildman–Crippen MR) is 75.9 cm³/mol. The van der Waals surface area contributed by atoms with Crippen LogP contribution < -0.4 is 5.32 Å². The molecule has 0 aromatic heterocycles. The number of thioether (sulfide) groups is 1. The Morgan fingerprint density at radius 2 is 2.24 bits per heavy atom. The van der Waals surface area contributed by atoms with Gasteiger partial charge in [0, 0.05) is 23.3 Å². The number of benzene rings is 1. The van der Waals surface area contributed by atoms with Gasteiger partial charge < -0.3 is 10.4 Å². The van der Waals surface area contributed by atoms with Gasteiger partial charge in [-0.05, 0) is 30.7 Å². The van der Waals surface area contributed by atoms with Gasteiger partial charge in [-0.25, -0.2) is 0 Å². The molecule has 96 valence electrons. The number of rotatable bonds is 7. The molecule has 1 atom stereocenters. The molecule has 0 saturated carbocycles. The minimum absolute atomic E-state index is 0.226. The topological polar surface area (TPSA) is 32.3 Å². The summed E-state index contributed by atoms with van der Waals surface area (Å²) in [7, 11) is 0. The lowest BCUT2D eigenvalue weighted by Gasteiger charge is -2.12. The quantitative estimate of drug-likeness (QED) is 0.748. The fraction of sp³-hybridized carbons (Fsp3) is 0.538. The first-order valence-corrected chi connectivity index (χ1v) is 7.19. The zero-order valence-corrected chi connectivity index (χ0v) is 11.9. The van der Waals surface area contributed by atoms with Crippen LogP contribution in [0, 0.1) is 0 Å². The van der Waals surface area contributed by atoms with E-state index in [1.807, 2.05) is 6.07 Å². The van der Waals surface area contributed by atoms with Crippen LogP contribution in [0.2, 0.25) is 5.02 Å². The minimum Gasteiger partial charge on any atom is -0.396 e. The van der Waals surface area contributed by atoms with Gasteiger partial charge >= 0.3 is 0 Å². The van der Waals surface area contributed by atoms with Crippen LogP contribution in [0.5, 0.6) is 0 Å². The van der Waals surface area contributed by atoms with E-state index in [2.05, 4.69) is 31.3 Å². The van der Waals surface area contributed by atoms with Crippen molar-refractivity contribution in [2.24, 2.45) is 0 Å². The largest absolute Gasteiger partial charge is 0.396 e. The maximum atomic E-state index is 8.87. The number of halogens is 1. The molecule has 17 heavy (non-hydrogen) atoms. The minimum atomic E-state index is 0.226. The van der Waals surface area contributed by atoms with Crippen molar-refractivity contribution in [3.8, 4) is 0 Å². The van der Waals surface area contributed by atoms with E-state index in [4.69, 9.17) is 16.7 Å². The van der Waals surface area contributed by atoms with Gasteiger partial charge in [-0.3, -0.25) is 0 Å². The highest BCUT2D eigenvalue weighted by Crippen LogP contribution is 2.32. The molecule has 2 nitrogen and oxygen atoms in total. The van der Waals surface area contributed by atoms with Crippen LogP contribution in [0.1, 0.15) is 25.8 Å². The van der Waals surface area contributed by atoms with E-state index in [9.17, 15) is 0 Å². The van der Waals surface area contributed by atoms with E-state index < -0.39 is 0 Å². The fourth-order valence-corrected chi connectivity index (χ4v) is 2.79. The molecule has 0 heterocycles. The Morgan fingerprint density at radius 3 is 2.82 bits per heavy atom. The second-order valence-corrected chi connectivity index (χ2v) is 5.87. The molecule has 0 amide bonds. The molecular weight excluding hydrogens is 254 g/mol. The summed E-state index contributed by atoms with van der Waals surface area (Å²) in [5.41, 5.74) is 1.20. The Labute approximate surface area is 113 Å². The number of hydrogen-bond donors (Lipinski definition) is 2. The van der Waals surface area contributed by atoms with E-state index >= 15 is 0 Å². The van der Waals surface area contributed by atoms with Gasteiger partial charge in [0.2, 0.25) is 0 Å². The van der Waals surface area contributed by atoms with Crippen LogP contribution >= 0.6 is 23.4 Å². The second-order valence-electron chi connectivity index (χ2n) is 3.99. The van der Waals surface area contributed by atoms with Gasteiger partial charge in [0.05, 0.1) is 5.02 Å². The molecule has 1 unspecified atom stereocenters. The van der Waals surface area contributed by atoms with Crippen molar-refractivity contribution >= 4 is 23.4 Å². The summed E-state index contributed by atoms with van der Waals surface area (Å²) in [6, 6.07) is 6.17. The molecule has 0 radical (unpaired) electrons. The van der Waals surface area contributed by atoms with Gasteiger partial charge in [-0.15, -0.1) is 11.8 Å². The van der Waals surface area contributed by atoms with Crippen molar-refractivity contribution in [2.45, 2.75) is 37.0 Å². The zero-order valence-electron chi connectivity index (χ0n) is 10.4. The SMILES string of the molecule is CCNCc1ccc(SC(C)CCO)c(Cl)c1. The van der Waals surface area contributed by atoms with Crippen LogP contribution in [-0.4, -0.2) is 23.5 Å². The molecule has 1 aromatic carbocycles. The van der Waals surface area contributed by atoms with Crippen LogP contribution in [0.15, 0.2) is 23.1 Å². The normalized spacial score (nSPS) is 12.7. The molecule has 1 rings (SSSR count). The van der Waals surface area contributed by atoms with Crippen molar-refractivity contribution in [3.05, 3.63) is 28.8 Å². The average Bonchev–Trinajstić information content (AvgIpc) is 2.30. The third kappa shape index (κ3) is 5.30. The molecule has 0 fully saturated rings. The predicted octanol–water partition coefficient (Wildman–Crippen LogP) is 3.31. The van der Waals surface area contributed by atoms with Crippen LogP contribution in [0.25, 0.3) is 0 Å². The molecule has 0 aliphatic heterocycles. The lowest BCUT2D eigenvalue weighted by molar-refractivity contribution is 0.289. The monoisotopic (exact) mass is 273 g/mol. The van der Waals surface area contributed by atoms with Gasteiger partial charge in [-0.2, -0.15) is 0 Å². The first-order valence-electron chi connectivity index (χ1n) is 5.94. The summed E-state index contributed by atoms with van der Waals surface area (Å²) in [6.45, 7) is 6.23. The molecule has 4 heteroatoms. The van der Waals surface area contributed by atoms with Crippen molar-refractivity contribution in [2.75, 3.05) is 13.2 Å². The van der Waals surface area contributed by atoms with Gasteiger partial charge in [-0.1, -0.05) is 31.5 Å². The molecular formula is C13H20ClNOS. The maximum absolute atomic E-state index is 8.87. The van der Waals surface area contributed by atoms with E-state index in [-0.39, 0.29) is 6.61 Å². The molecule has 0 aliphatic rings. The van der Waals surface area contributed by atoms with E-state index in [0.29, 0.717) is 5.25 Å². The molecule has 2 N–H and O–H groups in total. The first-order chi connectivity index (χ1) is 8.17. The Hall–Kier alpha value is -0.220. The lowest BCUT2D eigenvalue weighted by atomic mass is 10.2. The molecule has 0 spiro atoms. The number of nitrogens with one attached hydrogen (secondary N) is 1. The van der Waals surface area contributed by atoms with Crippen LogP contribution in [0.3, 0.4) is 0 Å². The van der Waals surface area contributed by atoms with Crippen molar-refractivity contribution in [1.82, 2.24) is 5.32 Å². The number of aliphatic hydroxyl groups is 1. The molecule has 0 saturated heterocycles. The van der Waals surface area contributed by atoms with Crippen LogP contribution in [-0.2, 0) is 6.54 Å². The Bertz CT molecular complexity index is 346. The van der Waals surface area contributed by atoms with Crippen molar-refractivity contribution in [1.29, 1.82) is 0 Å². The maximum Gasteiger partial charge on any atom is 0.0545 e. The van der Waals surface area contributed by atoms with E-state index in [0.717, 1.165) is 29.4 Å². The Kier molecular flexibility index (Phi) is 6.97. The molecule has 1 aromatic rings. The van der Waals surface area contributed by atoms with Crippen LogP contribution in [0.4, 0.5) is 0 Å². The highest BCUT2D eigenvalue weighted by Gasteiger charge is 2.07. The molecule has 0 bridgehead atoms. The summed E-state index contributed by atoms with van der Waals surface area (Å²) in [6.07, 6.45) is 0.792. The highest BCUT2D eigenvalue weighted by atomic mass is 35.5. The number of aliphatic hydroxyl groups excluding tert-OH is 1. The summed E-state index contributed by atoms with van der Waals surface area (Å²) in [5.74, 6) is 0. The Morgan fingerprint density at radius 1 is 1.47 bits per heavy atom. The summed E-state index contributed by atoms with van der Waals surface area (Å²) < 4.78 is 0. The zero-order chi connectivity index (χ0) is 12.7. The summed E-state index contributed by atoms with van der Waals surface area (Å²) >= 11 is 7.96. The van der Waals surface area contributed by atoms with Gasteiger partial charge in [0.25, 0.3) is 0 Å². The number of hydrogen-bond acceptors (Lipinski definition) is 3. The first kappa shape index (κ1) is 14.8. The fourth-order valence-electron chi connectivity index (χ4n) is 1.48. The standard InChI is InChI=1S/C13H20ClNOS/c1-3-15-9-11-4-5-13(12(14)8-11)17-10(2)6-7-16/h4-5,8,10,15-16H,3,6-7,9H2,1-2H3. The van der Waals surface area contributed by atoms with Crippen molar-refractivity contribution in [3.63, 3.8) is 0 Å². The van der Waals surface area contributed by atoms with Gasteiger partial charge in [0.15, 0.2) is 0 Å². The van der Waals surface area contributed by atoms with Gasteiger partial charge in [0.1, 0.15) is 0 Å². The molecule has 0 aliphatic carbocycles. The third-order valence-electron chi connectivity index (χ3n) is 2.44. The Balaban J connectivity index is 2.62. The smallest absolute Gasteiger partial charge is 0.0545 e. The summed E-state index contributed by atoms with van der Waals surface area (Å²) in [4.78, 5) is 1.09. The third-order valence-corrected chi connectivity index (χ3v) is 4.11. The van der Waals surface area contributed by atoms with Crippen molar-refractivity contribution < 1.29 is 5.11 Å². The van der Waals surface area contributed by atoms with E-state index in [1.54, 1.807) is 11.8 Å². The average molecular weight is 274 g/mol. The lowest BCUT2D eigenvalue weighted by Crippen LogP contribution is -2.11. The summed E-state index contributed by atoms with van der Waals surface area (Å²) in [5, 5.41) is 13.3. The highest BCUT2D eigenvalue weighted by molar-refractivity contribution is 8.00.